The number of amides is 1. The number of esters is 1. The highest BCUT2D eigenvalue weighted by atomic mass is 35.5. The fraction of sp³-hybridized carbons (Fsp3) is 0.300. The van der Waals surface area contributed by atoms with Gasteiger partial charge in [0.05, 0.1) is 6.61 Å². The standard InChI is InChI=1S/C20H20ClNO3S/c1-3-25-20(24)17-12-26-19(15-5-4-6-16(21)11-15)22(17)18(23)14-9-7-13(2)8-10-14/h4-11,17,19H,3,12H2,1-2H3. The molecule has 6 heteroatoms. The van der Waals surface area contributed by atoms with E-state index in [1.54, 1.807) is 41.8 Å². The highest BCUT2D eigenvalue weighted by molar-refractivity contribution is 7.99. The van der Waals surface area contributed by atoms with Crippen LogP contribution in [0.5, 0.6) is 0 Å². The van der Waals surface area contributed by atoms with Gasteiger partial charge in [-0.25, -0.2) is 4.79 Å². The molecule has 26 heavy (non-hydrogen) atoms. The van der Waals surface area contributed by atoms with Gasteiger partial charge < -0.3 is 9.64 Å². The van der Waals surface area contributed by atoms with Gasteiger partial charge in [-0.3, -0.25) is 4.79 Å². The van der Waals surface area contributed by atoms with Gasteiger partial charge in [-0.05, 0) is 43.7 Å². The van der Waals surface area contributed by atoms with Crippen molar-refractivity contribution >= 4 is 35.2 Å². The summed E-state index contributed by atoms with van der Waals surface area (Å²) in [7, 11) is 0. The number of benzene rings is 2. The van der Waals surface area contributed by atoms with Crippen LogP contribution in [-0.2, 0) is 9.53 Å². The summed E-state index contributed by atoms with van der Waals surface area (Å²) in [4.78, 5) is 27.3. The van der Waals surface area contributed by atoms with E-state index in [1.807, 2.05) is 37.3 Å². The minimum atomic E-state index is -0.613. The lowest BCUT2D eigenvalue weighted by molar-refractivity contribution is -0.147. The third-order valence-corrected chi connectivity index (χ3v) is 5.78. The Kier molecular flexibility index (Phi) is 5.89. The summed E-state index contributed by atoms with van der Waals surface area (Å²) in [6.45, 7) is 4.02. The molecule has 2 atom stereocenters. The minimum absolute atomic E-state index is 0.182. The van der Waals surface area contributed by atoms with Crippen LogP contribution in [0.3, 0.4) is 0 Å². The third-order valence-electron chi connectivity index (χ3n) is 4.23. The Bertz CT molecular complexity index is 809. The average Bonchev–Trinajstić information content (AvgIpc) is 3.07. The molecule has 0 N–H and O–H groups in total. The van der Waals surface area contributed by atoms with Crippen LogP contribution in [0, 0.1) is 6.92 Å². The van der Waals surface area contributed by atoms with Gasteiger partial charge in [-0.2, -0.15) is 0 Å². The Morgan fingerprint density at radius 3 is 2.62 bits per heavy atom. The molecule has 1 aliphatic rings. The van der Waals surface area contributed by atoms with Crippen LogP contribution in [0.25, 0.3) is 0 Å². The van der Waals surface area contributed by atoms with Crippen molar-refractivity contribution in [1.82, 2.24) is 4.90 Å². The number of rotatable bonds is 4. The van der Waals surface area contributed by atoms with E-state index < -0.39 is 6.04 Å². The van der Waals surface area contributed by atoms with E-state index >= 15 is 0 Å². The lowest BCUT2D eigenvalue weighted by atomic mass is 10.1. The maximum Gasteiger partial charge on any atom is 0.329 e. The molecule has 3 rings (SSSR count). The Balaban J connectivity index is 1.97. The first-order valence-electron chi connectivity index (χ1n) is 8.44. The molecule has 1 aliphatic heterocycles. The molecule has 1 heterocycles. The van der Waals surface area contributed by atoms with E-state index in [1.165, 1.54) is 0 Å². The van der Waals surface area contributed by atoms with E-state index in [0.29, 0.717) is 16.3 Å². The highest BCUT2D eigenvalue weighted by Gasteiger charge is 2.43. The lowest BCUT2D eigenvalue weighted by Crippen LogP contribution is -2.43. The van der Waals surface area contributed by atoms with Crippen LogP contribution in [-0.4, -0.2) is 35.2 Å². The Morgan fingerprint density at radius 1 is 1.23 bits per heavy atom. The van der Waals surface area contributed by atoms with Crippen LogP contribution in [0.4, 0.5) is 0 Å². The minimum Gasteiger partial charge on any atom is -0.464 e. The van der Waals surface area contributed by atoms with Gasteiger partial charge in [-0.1, -0.05) is 41.4 Å². The van der Waals surface area contributed by atoms with Gasteiger partial charge in [0.1, 0.15) is 11.4 Å². The molecule has 0 radical (unpaired) electrons. The van der Waals surface area contributed by atoms with Crippen molar-refractivity contribution in [2.24, 2.45) is 0 Å². The van der Waals surface area contributed by atoms with Crippen molar-refractivity contribution in [1.29, 1.82) is 0 Å². The quantitative estimate of drug-likeness (QED) is 0.724. The van der Waals surface area contributed by atoms with Crippen LogP contribution in [0.1, 0.15) is 33.8 Å². The topological polar surface area (TPSA) is 46.6 Å². The molecule has 0 bridgehead atoms. The first-order chi connectivity index (χ1) is 12.5. The number of nitrogens with zero attached hydrogens (tertiary/aromatic N) is 1. The van der Waals surface area contributed by atoms with E-state index in [4.69, 9.17) is 16.3 Å². The van der Waals surface area contributed by atoms with Gasteiger partial charge in [0.25, 0.3) is 5.91 Å². The predicted octanol–water partition coefficient (Wildman–Crippen LogP) is 4.47. The van der Waals surface area contributed by atoms with Gasteiger partial charge in [0.15, 0.2) is 0 Å². The molecule has 4 nitrogen and oxygen atoms in total. The van der Waals surface area contributed by atoms with Crippen LogP contribution >= 0.6 is 23.4 Å². The van der Waals surface area contributed by atoms with Crippen molar-refractivity contribution in [3.8, 4) is 0 Å². The Hall–Kier alpha value is -1.98. The number of aryl methyl sites for hydroxylation is 1. The van der Waals surface area contributed by atoms with Crippen molar-refractivity contribution in [2.75, 3.05) is 12.4 Å². The van der Waals surface area contributed by atoms with Gasteiger partial charge in [0.2, 0.25) is 0 Å². The summed E-state index contributed by atoms with van der Waals surface area (Å²) >= 11 is 7.68. The van der Waals surface area contributed by atoms with Gasteiger partial charge >= 0.3 is 5.97 Å². The van der Waals surface area contributed by atoms with Gasteiger partial charge in [-0.15, -0.1) is 11.8 Å². The zero-order chi connectivity index (χ0) is 18.7. The summed E-state index contributed by atoms with van der Waals surface area (Å²) in [5, 5.41) is 0.322. The van der Waals surface area contributed by atoms with Crippen molar-refractivity contribution < 1.29 is 14.3 Å². The molecule has 2 unspecified atom stereocenters. The number of carbonyl (C=O) groups excluding carboxylic acids is 2. The van der Waals surface area contributed by atoms with Gasteiger partial charge in [0, 0.05) is 16.3 Å². The largest absolute Gasteiger partial charge is 0.464 e. The average molecular weight is 390 g/mol. The fourth-order valence-corrected chi connectivity index (χ4v) is 4.54. The molecule has 1 amide bonds. The molecule has 2 aromatic rings. The zero-order valence-electron chi connectivity index (χ0n) is 14.6. The second-order valence-corrected chi connectivity index (χ2v) is 7.64. The third kappa shape index (κ3) is 3.89. The van der Waals surface area contributed by atoms with Crippen LogP contribution in [0.2, 0.25) is 5.02 Å². The van der Waals surface area contributed by atoms with Crippen molar-refractivity contribution in [2.45, 2.75) is 25.3 Å². The SMILES string of the molecule is CCOC(=O)C1CSC(c2cccc(Cl)c2)N1C(=O)c1ccc(C)cc1. The highest BCUT2D eigenvalue weighted by Crippen LogP contribution is 2.43. The van der Waals surface area contributed by atoms with Crippen molar-refractivity contribution in [3.63, 3.8) is 0 Å². The Morgan fingerprint density at radius 2 is 1.96 bits per heavy atom. The second kappa shape index (κ2) is 8.14. The van der Waals surface area contributed by atoms with E-state index in [0.717, 1.165) is 11.1 Å². The summed E-state index contributed by atoms with van der Waals surface area (Å²) in [6, 6.07) is 14.2. The molecular formula is C20H20ClNO3S. The summed E-state index contributed by atoms with van der Waals surface area (Å²) in [6.07, 6.45) is 0. The first kappa shape index (κ1) is 18.8. The molecule has 1 fully saturated rings. The van der Waals surface area contributed by atoms with E-state index in [2.05, 4.69) is 0 Å². The molecule has 2 aromatic carbocycles. The zero-order valence-corrected chi connectivity index (χ0v) is 16.2. The maximum atomic E-state index is 13.2. The van der Waals surface area contributed by atoms with E-state index in [-0.39, 0.29) is 23.9 Å². The number of hydrogen-bond acceptors (Lipinski definition) is 4. The lowest BCUT2D eigenvalue weighted by Gasteiger charge is -2.28. The van der Waals surface area contributed by atoms with Crippen LogP contribution < -0.4 is 0 Å². The monoisotopic (exact) mass is 389 g/mol. The summed E-state index contributed by atoms with van der Waals surface area (Å²) in [5.74, 6) is -0.0591. The molecule has 136 valence electrons. The second-order valence-electron chi connectivity index (χ2n) is 6.09. The van der Waals surface area contributed by atoms with Crippen molar-refractivity contribution in [3.05, 3.63) is 70.2 Å². The normalized spacial score (nSPS) is 19.4. The smallest absolute Gasteiger partial charge is 0.329 e. The molecule has 1 saturated heterocycles. The number of halogens is 1. The summed E-state index contributed by atoms with van der Waals surface area (Å²) < 4.78 is 5.20. The number of carbonyl (C=O) groups is 2. The fourth-order valence-electron chi connectivity index (χ4n) is 2.94. The molecular weight excluding hydrogens is 370 g/mol. The molecule has 0 saturated carbocycles. The molecule has 0 aliphatic carbocycles. The molecule has 0 aromatic heterocycles. The Labute approximate surface area is 162 Å². The van der Waals surface area contributed by atoms with Crippen LogP contribution in [0.15, 0.2) is 48.5 Å². The summed E-state index contributed by atoms with van der Waals surface area (Å²) in [5.41, 5.74) is 2.53. The predicted molar refractivity (Wildman–Crippen MR) is 104 cm³/mol. The van der Waals surface area contributed by atoms with E-state index in [9.17, 15) is 9.59 Å². The first-order valence-corrected chi connectivity index (χ1v) is 9.87. The number of ether oxygens (including phenoxy) is 1. The molecule has 0 spiro atoms. The number of thioether (sulfide) groups is 1. The maximum absolute atomic E-state index is 13.2. The number of hydrogen-bond donors (Lipinski definition) is 0.